The Balaban J connectivity index is 1.24. The van der Waals surface area contributed by atoms with Crippen molar-refractivity contribution in [2.24, 2.45) is 0 Å². The Morgan fingerprint density at radius 2 is 0.750 bits per heavy atom. The van der Waals surface area contributed by atoms with Gasteiger partial charge in [0.05, 0.1) is 16.8 Å². The Kier molecular flexibility index (Phi) is 5.86. The molecule has 1 nitrogen and oxygen atoms in total. The quantitative estimate of drug-likeness (QED) is 0.176. The SMILES string of the molecule is c1ccc(C2(c3ccc(N(c4cccc5ccccc45)c4cccc5ccccc45)cc3)c3cccc4ccc5cccc2c5c34)cc1. The first-order chi connectivity index (χ1) is 23.8. The van der Waals surface area contributed by atoms with Crippen molar-refractivity contribution in [3.05, 3.63) is 210 Å². The lowest BCUT2D eigenvalue weighted by Crippen LogP contribution is -2.28. The van der Waals surface area contributed by atoms with Crippen molar-refractivity contribution in [3.63, 3.8) is 0 Å². The Labute approximate surface area is 280 Å². The fourth-order valence-corrected chi connectivity index (χ4v) is 8.48. The van der Waals surface area contributed by atoms with Crippen molar-refractivity contribution in [3.8, 4) is 0 Å². The van der Waals surface area contributed by atoms with Crippen LogP contribution in [0.25, 0.3) is 43.1 Å². The van der Waals surface area contributed by atoms with E-state index in [9.17, 15) is 0 Å². The van der Waals surface area contributed by atoms with E-state index in [1.807, 2.05) is 0 Å². The van der Waals surface area contributed by atoms with Gasteiger partial charge in [0.2, 0.25) is 0 Å². The van der Waals surface area contributed by atoms with Crippen molar-refractivity contribution in [1.29, 1.82) is 0 Å². The second-order valence-electron chi connectivity index (χ2n) is 12.9. The van der Waals surface area contributed by atoms with Gasteiger partial charge in [0.1, 0.15) is 0 Å². The highest BCUT2D eigenvalue weighted by Crippen LogP contribution is 2.56. The summed E-state index contributed by atoms with van der Waals surface area (Å²) >= 11 is 0. The summed E-state index contributed by atoms with van der Waals surface area (Å²) in [6.45, 7) is 0. The second kappa shape index (κ2) is 10.4. The van der Waals surface area contributed by atoms with Crippen molar-refractivity contribution >= 4 is 60.2 Å². The fraction of sp³-hybridized carbons (Fsp3) is 0.0213. The summed E-state index contributed by atoms with van der Waals surface area (Å²) < 4.78 is 0. The summed E-state index contributed by atoms with van der Waals surface area (Å²) in [5, 5.41) is 10.2. The van der Waals surface area contributed by atoms with Crippen molar-refractivity contribution in [2.45, 2.75) is 5.41 Å². The Bertz CT molecular complexity index is 2520. The van der Waals surface area contributed by atoms with Gasteiger partial charge in [-0.2, -0.15) is 0 Å². The number of rotatable bonds is 5. The van der Waals surface area contributed by atoms with Crippen molar-refractivity contribution < 1.29 is 0 Å². The van der Waals surface area contributed by atoms with Gasteiger partial charge in [-0.25, -0.2) is 0 Å². The largest absolute Gasteiger partial charge is 0.309 e. The molecule has 48 heavy (non-hydrogen) atoms. The zero-order valence-corrected chi connectivity index (χ0v) is 26.3. The molecule has 0 amide bonds. The number of benzene rings is 9. The number of hydrogen-bond acceptors (Lipinski definition) is 1. The molecule has 0 aromatic heterocycles. The molecule has 0 bridgehead atoms. The molecule has 224 valence electrons. The molecule has 9 aromatic rings. The van der Waals surface area contributed by atoms with Crippen LogP contribution in [0.3, 0.4) is 0 Å². The molecule has 1 aliphatic rings. The molecule has 0 radical (unpaired) electrons. The van der Waals surface area contributed by atoms with Crippen LogP contribution in [-0.4, -0.2) is 0 Å². The fourth-order valence-electron chi connectivity index (χ4n) is 8.48. The van der Waals surface area contributed by atoms with Crippen LogP contribution in [0.2, 0.25) is 0 Å². The highest BCUT2D eigenvalue weighted by Gasteiger charge is 2.44. The van der Waals surface area contributed by atoms with Crippen LogP contribution in [0.5, 0.6) is 0 Å². The predicted molar refractivity (Wildman–Crippen MR) is 203 cm³/mol. The van der Waals surface area contributed by atoms with Gasteiger partial charge in [0.15, 0.2) is 0 Å². The summed E-state index contributed by atoms with van der Waals surface area (Å²) in [7, 11) is 0. The first kappa shape index (κ1) is 27.0. The van der Waals surface area contributed by atoms with E-state index in [4.69, 9.17) is 0 Å². The van der Waals surface area contributed by atoms with Crippen LogP contribution in [0, 0.1) is 0 Å². The molecule has 10 rings (SSSR count). The molecule has 1 aliphatic carbocycles. The van der Waals surface area contributed by atoms with Crippen LogP contribution in [-0.2, 0) is 5.41 Å². The molecule has 0 unspecified atom stereocenters. The molecule has 9 aromatic carbocycles. The number of fused-ring (bicyclic) bond motifs is 2. The van der Waals surface area contributed by atoms with Gasteiger partial charge in [0.25, 0.3) is 0 Å². The Morgan fingerprint density at radius 1 is 0.312 bits per heavy atom. The van der Waals surface area contributed by atoms with Gasteiger partial charge < -0.3 is 4.90 Å². The first-order valence-corrected chi connectivity index (χ1v) is 16.7. The van der Waals surface area contributed by atoms with E-state index in [-0.39, 0.29) is 0 Å². The van der Waals surface area contributed by atoms with Crippen LogP contribution in [0.1, 0.15) is 22.3 Å². The Hall–Kier alpha value is -6.18. The van der Waals surface area contributed by atoms with Gasteiger partial charge in [-0.05, 0) is 78.8 Å². The van der Waals surface area contributed by atoms with Crippen LogP contribution in [0.15, 0.2) is 188 Å². The molecule has 1 heteroatoms. The van der Waals surface area contributed by atoms with Crippen LogP contribution in [0.4, 0.5) is 17.1 Å². The average Bonchev–Trinajstić information content (AvgIpc) is 3.47. The molecule has 0 saturated heterocycles. The molecular weight excluding hydrogens is 579 g/mol. The standard InChI is InChI=1S/C47H31N/c1-2-18-36(19-3-1)47(41-22-8-16-34-26-27-35-17-9-23-42(47)46(35)45(34)41)37-28-30-38(31-29-37)48(43-24-10-14-32-12-4-6-20-39(32)43)44-25-11-15-33-13-5-7-21-40(33)44/h1-31H. The van der Waals surface area contributed by atoms with Gasteiger partial charge in [0, 0.05) is 16.5 Å². The van der Waals surface area contributed by atoms with Gasteiger partial charge in [-0.3, -0.25) is 0 Å². The molecule has 0 atom stereocenters. The van der Waals surface area contributed by atoms with E-state index in [1.165, 1.54) is 65.3 Å². The maximum absolute atomic E-state index is 2.44. The van der Waals surface area contributed by atoms with Crippen molar-refractivity contribution in [2.75, 3.05) is 4.90 Å². The van der Waals surface area contributed by atoms with E-state index < -0.39 is 5.41 Å². The highest BCUT2D eigenvalue weighted by molar-refractivity contribution is 6.16. The molecule has 0 spiro atoms. The van der Waals surface area contributed by atoms with Crippen molar-refractivity contribution in [1.82, 2.24) is 0 Å². The maximum Gasteiger partial charge on any atom is 0.0714 e. The minimum absolute atomic E-state index is 0.438. The lowest BCUT2D eigenvalue weighted by molar-refractivity contribution is 0.771. The summed E-state index contributed by atoms with van der Waals surface area (Å²) in [4.78, 5) is 2.44. The first-order valence-electron chi connectivity index (χ1n) is 16.7. The average molecular weight is 610 g/mol. The summed E-state index contributed by atoms with van der Waals surface area (Å²) in [5.41, 5.74) is 8.28. The lowest BCUT2D eigenvalue weighted by atomic mass is 9.67. The topological polar surface area (TPSA) is 3.24 Å². The zero-order valence-electron chi connectivity index (χ0n) is 26.3. The third-order valence-electron chi connectivity index (χ3n) is 10.5. The summed E-state index contributed by atoms with van der Waals surface area (Å²) in [6.07, 6.45) is 0. The summed E-state index contributed by atoms with van der Waals surface area (Å²) in [5.74, 6) is 0. The van der Waals surface area contributed by atoms with E-state index in [0.717, 1.165) is 17.1 Å². The lowest BCUT2D eigenvalue weighted by Gasteiger charge is -2.35. The van der Waals surface area contributed by atoms with Crippen LogP contribution >= 0.6 is 0 Å². The van der Waals surface area contributed by atoms with E-state index in [2.05, 4.69) is 193 Å². The Morgan fingerprint density at radius 3 is 1.31 bits per heavy atom. The van der Waals surface area contributed by atoms with E-state index in [1.54, 1.807) is 0 Å². The molecule has 0 heterocycles. The minimum Gasteiger partial charge on any atom is -0.309 e. The van der Waals surface area contributed by atoms with Gasteiger partial charge >= 0.3 is 0 Å². The van der Waals surface area contributed by atoms with Crippen LogP contribution < -0.4 is 4.90 Å². The smallest absolute Gasteiger partial charge is 0.0714 e. The minimum atomic E-state index is -0.438. The number of nitrogens with zero attached hydrogens (tertiary/aromatic N) is 1. The predicted octanol–water partition coefficient (Wildman–Crippen LogP) is 12.5. The third kappa shape index (κ3) is 3.73. The monoisotopic (exact) mass is 609 g/mol. The normalized spacial score (nSPS) is 13.2. The van der Waals surface area contributed by atoms with E-state index in [0.29, 0.717) is 0 Å². The zero-order chi connectivity index (χ0) is 31.7. The molecule has 0 saturated carbocycles. The number of anilines is 3. The number of hydrogen-bond donors (Lipinski definition) is 0. The molecule has 0 fully saturated rings. The van der Waals surface area contributed by atoms with Gasteiger partial charge in [-0.15, -0.1) is 0 Å². The maximum atomic E-state index is 2.44. The van der Waals surface area contributed by atoms with E-state index >= 15 is 0 Å². The molecule has 0 N–H and O–H groups in total. The second-order valence-corrected chi connectivity index (χ2v) is 12.9. The third-order valence-corrected chi connectivity index (χ3v) is 10.5. The highest BCUT2D eigenvalue weighted by atomic mass is 15.1. The summed E-state index contributed by atoms with van der Waals surface area (Å²) in [6, 6.07) is 69.3. The molecular formula is C47H31N. The molecule has 0 aliphatic heterocycles. The van der Waals surface area contributed by atoms with Gasteiger partial charge in [-0.1, -0.05) is 164 Å².